The van der Waals surface area contributed by atoms with Crippen LogP contribution < -0.4 is 16.0 Å². The predicted octanol–water partition coefficient (Wildman–Crippen LogP) is 7.47. The second-order valence-corrected chi connectivity index (χ2v) is 35.0. The molecule has 642 valence electrons. The standard InChI is InChI=1S/C83H139F3N12O15/c1-18-55(5)74-79(109)93(12)48-73(104)94(13)60-28-26-24-22-21-23-25-27-37-97(72(103)43-60)61(40-56-31-29-54(4)30-32-56)44-69(100)92(11)47-68(99)88-63(36-34-57-33-35-62(83(84,85)86)67(41-57)112-17)78(108)98-38-39-113-50-66(98)75(105)87-53-82(51-81(6,7)52-82)80(110)96(15)64(58(19-2)20-3)45-70(101)91(10)46-59(77(107)90(8)9)42-71(102)95(14)65(49-111-16)76(106)89-74/h22,24,54-67,74H,18-21,23,25-53H2,1-17H3,(H,87,105)(H,88,99)(H,89,106)/b24-22-/t54?,55-,56?,57?,59+,60-,61-,62?,63-,64+,65-,66-,67?,74-/m0/s1. The van der Waals surface area contributed by atoms with Gasteiger partial charge in [0.1, 0.15) is 24.2 Å². The van der Waals surface area contributed by atoms with Gasteiger partial charge in [0.2, 0.25) is 70.9 Å². The zero-order chi connectivity index (χ0) is 84.0. The Labute approximate surface area is 670 Å². The number of amides is 12. The largest absolute Gasteiger partial charge is 0.394 e. The first-order valence-corrected chi connectivity index (χ1v) is 41.8. The van der Waals surface area contributed by atoms with Crippen molar-refractivity contribution in [1.29, 1.82) is 0 Å². The summed E-state index contributed by atoms with van der Waals surface area (Å²) in [4.78, 5) is 192. The molecule has 30 heteroatoms. The maximum atomic E-state index is 15.5. The number of nitrogens with one attached hydrogen (secondary N) is 3. The minimum Gasteiger partial charge on any atom is -0.382 e. The van der Waals surface area contributed by atoms with E-state index < -0.39 is 156 Å². The number of alkyl halides is 3. The number of carbonyl (C=O) groups is 12. The molecule has 0 aromatic rings. The second kappa shape index (κ2) is 43.8. The van der Waals surface area contributed by atoms with Gasteiger partial charge >= 0.3 is 6.18 Å². The van der Waals surface area contributed by atoms with Gasteiger partial charge in [0.25, 0.3) is 0 Å². The molecule has 1 spiro atoms. The van der Waals surface area contributed by atoms with Gasteiger partial charge in [0, 0.05) is 141 Å². The average molecular weight is 1600 g/mol. The van der Waals surface area contributed by atoms with Crippen molar-refractivity contribution in [3.63, 3.8) is 0 Å². The number of nitrogens with zero attached hydrogens (tertiary/aromatic N) is 9. The molecule has 0 aromatic carbocycles. The molecule has 6 aliphatic rings. The van der Waals surface area contributed by atoms with Gasteiger partial charge in [-0.15, -0.1) is 0 Å². The van der Waals surface area contributed by atoms with Crippen molar-refractivity contribution in [3.05, 3.63) is 12.2 Å². The molecular weight excluding hydrogens is 1460 g/mol. The van der Waals surface area contributed by atoms with E-state index in [4.69, 9.17) is 14.2 Å². The summed E-state index contributed by atoms with van der Waals surface area (Å²) >= 11 is 0. The van der Waals surface area contributed by atoms with Gasteiger partial charge in [-0.2, -0.15) is 13.2 Å². The van der Waals surface area contributed by atoms with Gasteiger partial charge in [0.05, 0.1) is 56.3 Å². The number of halogens is 3. The normalized spacial score (nSPS) is 30.3. The number of rotatable bonds is 14. The molecular formula is C83H139F3N12O15. The Bertz CT molecular complexity index is 3230. The van der Waals surface area contributed by atoms with Gasteiger partial charge in [-0.25, -0.2) is 0 Å². The quantitative estimate of drug-likeness (QED) is 0.142. The topological polar surface area (TPSA) is 298 Å². The highest BCUT2D eigenvalue weighted by Crippen LogP contribution is 2.55. The van der Waals surface area contributed by atoms with Crippen LogP contribution in [0.1, 0.15) is 209 Å². The van der Waals surface area contributed by atoms with E-state index in [0.717, 1.165) is 49.8 Å². The summed E-state index contributed by atoms with van der Waals surface area (Å²) in [5.41, 5.74) is -1.54. The van der Waals surface area contributed by atoms with E-state index in [0.29, 0.717) is 70.3 Å². The van der Waals surface area contributed by atoms with Crippen LogP contribution in [0.2, 0.25) is 0 Å². The lowest BCUT2D eigenvalue weighted by Gasteiger charge is -2.54. The molecule has 3 saturated carbocycles. The molecule has 2 bridgehead atoms. The number of carbonyl (C=O) groups excluding carboxylic acids is 12. The summed E-state index contributed by atoms with van der Waals surface area (Å²) in [5, 5.41) is 8.79. The van der Waals surface area contributed by atoms with Gasteiger partial charge in [-0.3, -0.25) is 57.5 Å². The number of morpholine rings is 1. The Morgan fingerprint density at radius 1 is 0.673 bits per heavy atom. The highest BCUT2D eigenvalue weighted by Gasteiger charge is 2.57. The van der Waals surface area contributed by atoms with Crippen molar-refractivity contribution in [2.24, 2.45) is 52.3 Å². The van der Waals surface area contributed by atoms with E-state index in [9.17, 15) is 51.5 Å². The minimum atomic E-state index is -4.50. The van der Waals surface area contributed by atoms with Crippen LogP contribution in [0.5, 0.6) is 0 Å². The fraction of sp³-hybridized carbons (Fsp3) is 0.831. The average Bonchev–Trinajstić information content (AvgIpc) is 0.744. The summed E-state index contributed by atoms with van der Waals surface area (Å²) in [6.07, 6.45) is 8.09. The molecule has 27 nitrogen and oxygen atoms in total. The first-order valence-electron chi connectivity index (χ1n) is 41.8. The lowest BCUT2D eigenvalue weighted by molar-refractivity contribution is -0.215. The molecule has 5 fully saturated rings. The number of hydrogen-bond acceptors (Lipinski definition) is 15. The second-order valence-electron chi connectivity index (χ2n) is 35.0. The van der Waals surface area contributed by atoms with Gasteiger partial charge < -0.3 is 74.3 Å². The van der Waals surface area contributed by atoms with Crippen molar-refractivity contribution in [2.45, 2.75) is 264 Å². The molecule has 0 radical (unpaired) electrons. The Kier molecular flexibility index (Phi) is 36.8. The van der Waals surface area contributed by atoms with E-state index in [1.807, 2.05) is 40.7 Å². The lowest BCUT2D eigenvalue weighted by Crippen LogP contribution is -2.64. The number of ether oxygens (including phenoxy) is 3. The summed E-state index contributed by atoms with van der Waals surface area (Å²) in [5.74, 6) is -9.62. The molecule has 3 aliphatic heterocycles. The third-order valence-electron chi connectivity index (χ3n) is 25.6. The minimum absolute atomic E-state index is 0.0145. The fourth-order valence-electron chi connectivity index (χ4n) is 18.4. The van der Waals surface area contributed by atoms with Crippen LogP contribution in [0.15, 0.2) is 12.2 Å². The van der Waals surface area contributed by atoms with E-state index in [1.165, 1.54) is 85.9 Å². The van der Waals surface area contributed by atoms with Crippen molar-refractivity contribution in [2.75, 3.05) is 130 Å². The Morgan fingerprint density at radius 3 is 1.95 bits per heavy atom. The molecule has 12 atom stereocenters. The molecule has 113 heavy (non-hydrogen) atoms. The van der Waals surface area contributed by atoms with E-state index in [1.54, 1.807) is 30.8 Å². The van der Waals surface area contributed by atoms with Crippen LogP contribution in [0.3, 0.4) is 0 Å². The molecule has 0 aromatic heterocycles. The lowest BCUT2D eigenvalue weighted by atomic mass is 9.53. The van der Waals surface area contributed by atoms with Crippen LogP contribution in [0, 0.1) is 52.3 Å². The number of allylic oxidation sites excluding steroid dienone is 2. The first-order chi connectivity index (χ1) is 53.2. The molecule has 3 aliphatic carbocycles. The number of methoxy groups -OCH3 is 2. The van der Waals surface area contributed by atoms with Crippen LogP contribution in [-0.4, -0.2) is 299 Å². The molecule has 3 unspecified atom stereocenters. The van der Waals surface area contributed by atoms with Gasteiger partial charge in [0.15, 0.2) is 0 Å². The zero-order valence-corrected chi connectivity index (χ0v) is 71.1. The van der Waals surface area contributed by atoms with Crippen LogP contribution in [0.25, 0.3) is 0 Å². The van der Waals surface area contributed by atoms with Crippen LogP contribution in [0.4, 0.5) is 13.2 Å². The van der Waals surface area contributed by atoms with E-state index in [2.05, 4.69) is 29.0 Å². The predicted molar refractivity (Wildman–Crippen MR) is 422 cm³/mol. The highest BCUT2D eigenvalue weighted by molar-refractivity contribution is 5.96. The fourth-order valence-corrected chi connectivity index (χ4v) is 18.4. The van der Waals surface area contributed by atoms with E-state index >= 15 is 19.2 Å². The third kappa shape index (κ3) is 26.5. The van der Waals surface area contributed by atoms with Crippen molar-refractivity contribution >= 4 is 70.9 Å². The van der Waals surface area contributed by atoms with Crippen molar-refractivity contribution in [3.8, 4) is 0 Å². The Hall–Kier alpha value is -6.95. The summed E-state index contributed by atoms with van der Waals surface area (Å²) in [6.45, 7) is 12.1. The van der Waals surface area contributed by atoms with Crippen molar-refractivity contribution in [1.82, 2.24) is 60.0 Å². The zero-order valence-electron chi connectivity index (χ0n) is 71.1. The molecule has 6 rings (SSSR count). The van der Waals surface area contributed by atoms with Crippen molar-refractivity contribution < 1.29 is 84.9 Å². The Balaban J connectivity index is 1.42. The van der Waals surface area contributed by atoms with Gasteiger partial charge in [-0.1, -0.05) is 112 Å². The summed E-state index contributed by atoms with van der Waals surface area (Å²) in [7, 11) is 14.7. The third-order valence-corrected chi connectivity index (χ3v) is 25.6. The highest BCUT2D eigenvalue weighted by atomic mass is 19.4. The number of likely N-dealkylation sites (N-methyl/N-ethyl adjacent to an activating group) is 4. The monoisotopic (exact) mass is 1600 g/mol. The van der Waals surface area contributed by atoms with Crippen LogP contribution in [-0.2, 0) is 71.7 Å². The van der Waals surface area contributed by atoms with E-state index in [-0.39, 0.29) is 126 Å². The molecule has 3 N–H and O–H groups in total. The first kappa shape index (κ1) is 94.9. The van der Waals surface area contributed by atoms with Gasteiger partial charge in [-0.05, 0) is 118 Å². The maximum absolute atomic E-state index is 15.5. The number of fused-ring (bicyclic) bond motifs is 4. The Morgan fingerprint density at radius 2 is 1.33 bits per heavy atom. The summed E-state index contributed by atoms with van der Waals surface area (Å²) < 4.78 is 59.7. The number of hydrogen-bond donors (Lipinski definition) is 3. The molecule has 2 saturated heterocycles. The van der Waals surface area contributed by atoms with Crippen LogP contribution >= 0.6 is 0 Å². The smallest absolute Gasteiger partial charge is 0.382 e. The SMILES string of the molecule is CCC(CC)[C@H]1CC(=O)N(C)C[C@H](C(=O)N(C)C)CC(=O)N(C)[C@@H](COC)C(=O)N[C@@H]([C@@H](C)CC)C(=O)N(C)CC(=O)N(C)[C@H]2CC/C=C\CCCCCN(C(=O)C2)[C@@H](CC2CCC(C)CC2)CC(=O)N(C)CC(=O)N[C@@H](CCC2CCC(C(F)(F)F)C(OC)C2)C(=O)N2CCOC[C@H]2C(=O)NCC2(CC(C)(C)C2)C(=O)N1C. The molecule has 3 heterocycles. The maximum Gasteiger partial charge on any atom is 0.394 e. The summed E-state index contributed by atoms with van der Waals surface area (Å²) in [6, 6.07) is -7.13. The molecule has 12 amide bonds.